The van der Waals surface area contributed by atoms with Gasteiger partial charge in [-0.1, -0.05) is 0 Å². The molecular weight excluding hydrogens is 201 g/mol. The van der Waals surface area contributed by atoms with Crippen LogP contribution < -0.4 is 5.59 Å². The first-order chi connectivity index (χ1) is 4.24. The van der Waals surface area contributed by atoms with Gasteiger partial charge in [0.05, 0.1) is 4.88 Å². The largest absolute Gasteiger partial charge is 0.297 e. The predicted molar refractivity (Wildman–Crippen MR) is 40.6 cm³/mol. The molecule has 9 heavy (non-hydrogen) atoms. The van der Waals surface area contributed by atoms with E-state index in [-0.39, 0.29) is 0 Å². The van der Waals surface area contributed by atoms with Gasteiger partial charge in [0.2, 0.25) is 0 Å². The Balaban J connectivity index is 3.15. The van der Waals surface area contributed by atoms with Crippen molar-refractivity contribution in [1.29, 1.82) is 0 Å². The maximum atomic E-state index is 10.1. The fourth-order valence-corrected chi connectivity index (χ4v) is 1.64. The van der Waals surface area contributed by atoms with Gasteiger partial charge in [-0.15, -0.1) is 11.3 Å². The molecule has 0 spiro atoms. The molecule has 0 aliphatic carbocycles. The maximum Gasteiger partial charge on any atom is 0.161 e. The lowest BCUT2D eigenvalue weighted by molar-refractivity contribution is 0.112. The van der Waals surface area contributed by atoms with Crippen molar-refractivity contribution in [3.05, 3.63) is 8.79 Å². The third-order valence-corrected chi connectivity index (χ3v) is 2.21. The highest BCUT2D eigenvalue weighted by Gasteiger charge is 2.01. The molecule has 5 heteroatoms. The molecule has 1 heterocycles. The standard InChI is InChI=1S/C4HBBrNOS/c5-3-2(1-8)9-4(6)7-3/h1H. The summed E-state index contributed by atoms with van der Waals surface area (Å²) in [6, 6.07) is 0. The molecule has 2 radical (unpaired) electrons. The molecule has 0 bridgehead atoms. The van der Waals surface area contributed by atoms with Crippen molar-refractivity contribution in [3.8, 4) is 0 Å². The van der Waals surface area contributed by atoms with E-state index in [1.54, 1.807) is 0 Å². The van der Waals surface area contributed by atoms with Gasteiger partial charge >= 0.3 is 0 Å². The third kappa shape index (κ3) is 1.40. The lowest BCUT2D eigenvalue weighted by atomic mass is 10.0. The van der Waals surface area contributed by atoms with E-state index in [4.69, 9.17) is 7.85 Å². The molecule has 44 valence electrons. The SMILES string of the molecule is [B]c1nc(Br)sc1C=O. The summed E-state index contributed by atoms with van der Waals surface area (Å²) in [5.74, 6) is 0. The minimum absolute atomic E-state index is 0.293. The Hall–Kier alpha value is -0.155. The number of carbonyl (C=O) groups excluding carboxylic acids is 1. The Morgan fingerprint density at radius 1 is 1.78 bits per heavy atom. The van der Waals surface area contributed by atoms with E-state index >= 15 is 0 Å². The van der Waals surface area contributed by atoms with Crippen LogP contribution >= 0.6 is 27.3 Å². The number of thiazole rings is 1. The number of halogens is 1. The van der Waals surface area contributed by atoms with Crippen LogP contribution in [0.4, 0.5) is 0 Å². The van der Waals surface area contributed by atoms with Crippen molar-refractivity contribution < 1.29 is 4.79 Å². The van der Waals surface area contributed by atoms with Gasteiger partial charge in [-0.2, -0.15) is 0 Å². The molecule has 0 unspecified atom stereocenters. The van der Waals surface area contributed by atoms with Crippen LogP contribution in [0.25, 0.3) is 0 Å². The van der Waals surface area contributed by atoms with Crippen molar-refractivity contribution >= 4 is 47.0 Å². The van der Waals surface area contributed by atoms with E-state index in [0.717, 1.165) is 0 Å². The van der Waals surface area contributed by atoms with Crippen LogP contribution in [0.2, 0.25) is 0 Å². The average Bonchev–Trinajstić information content (AvgIpc) is 2.10. The van der Waals surface area contributed by atoms with Crippen molar-refractivity contribution in [3.63, 3.8) is 0 Å². The summed E-state index contributed by atoms with van der Waals surface area (Å²) in [7, 11) is 5.29. The minimum atomic E-state index is 0.293. The first kappa shape index (κ1) is 6.96. The summed E-state index contributed by atoms with van der Waals surface area (Å²) >= 11 is 4.32. The second-order valence-corrected chi connectivity index (χ2v) is 3.64. The van der Waals surface area contributed by atoms with Gasteiger partial charge < -0.3 is 0 Å². The number of hydrogen-bond acceptors (Lipinski definition) is 3. The summed E-state index contributed by atoms with van der Waals surface area (Å²) < 4.78 is 0.641. The molecule has 0 saturated heterocycles. The van der Waals surface area contributed by atoms with E-state index in [0.29, 0.717) is 20.7 Å². The van der Waals surface area contributed by atoms with Crippen LogP contribution in [-0.4, -0.2) is 19.1 Å². The van der Waals surface area contributed by atoms with E-state index in [1.807, 2.05) is 0 Å². The summed E-state index contributed by atoms with van der Waals surface area (Å²) in [5.41, 5.74) is 0.293. The first-order valence-corrected chi connectivity index (χ1v) is 3.72. The molecule has 0 saturated carbocycles. The molecule has 1 rings (SSSR count). The lowest BCUT2D eigenvalue weighted by Crippen LogP contribution is -2.07. The minimum Gasteiger partial charge on any atom is -0.297 e. The second kappa shape index (κ2) is 2.62. The molecule has 0 aromatic carbocycles. The average molecular weight is 202 g/mol. The highest BCUT2D eigenvalue weighted by molar-refractivity contribution is 9.11. The monoisotopic (exact) mass is 201 g/mol. The lowest BCUT2D eigenvalue weighted by Gasteiger charge is -1.77. The number of rotatable bonds is 1. The van der Waals surface area contributed by atoms with E-state index in [1.165, 1.54) is 11.3 Å². The molecule has 0 amide bonds. The molecule has 1 aromatic rings. The zero-order chi connectivity index (χ0) is 6.85. The van der Waals surface area contributed by atoms with Gasteiger partial charge in [0.1, 0.15) is 7.85 Å². The molecule has 0 aliphatic rings. The Bertz CT molecular complexity index is 236. The molecule has 0 N–H and O–H groups in total. The Morgan fingerprint density at radius 2 is 2.44 bits per heavy atom. The molecule has 0 fully saturated rings. The van der Waals surface area contributed by atoms with Crippen molar-refractivity contribution in [2.24, 2.45) is 0 Å². The molecular formula is C4HBBrNOS. The van der Waals surface area contributed by atoms with Crippen molar-refractivity contribution in [2.45, 2.75) is 0 Å². The van der Waals surface area contributed by atoms with Crippen LogP contribution in [0.15, 0.2) is 3.92 Å². The highest BCUT2D eigenvalue weighted by Crippen LogP contribution is 2.13. The van der Waals surface area contributed by atoms with E-state index < -0.39 is 0 Å². The maximum absolute atomic E-state index is 10.1. The third-order valence-electron chi connectivity index (χ3n) is 0.762. The van der Waals surface area contributed by atoms with Crippen molar-refractivity contribution in [1.82, 2.24) is 4.98 Å². The summed E-state index contributed by atoms with van der Waals surface area (Å²) in [6.07, 6.45) is 0.692. The van der Waals surface area contributed by atoms with Gasteiger partial charge in [-0.25, -0.2) is 4.98 Å². The Morgan fingerprint density at radius 3 is 2.67 bits per heavy atom. The van der Waals surface area contributed by atoms with Gasteiger partial charge in [0, 0.05) is 5.59 Å². The fraction of sp³-hybridized carbons (Fsp3) is 0. The predicted octanol–water partition coefficient (Wildman–Crippen LogP) is 0.512. The van der Waals surface area contributed by atoms with Crippen LogP contribution in [0, 0.1) is 0 Å². The molecule has 1 aromatic heterocycles. The van der Waals surface area contributed by atoms with Gasteiger partial charge in [0.25, 0.3) is 0 Å². The molecule has 0 aliphatic heterocycles. The number of hydrogen-bond donors (Lipinski definition) is 0. The van der Waals surface area contributed by atoms with E-state index in [9.17, 15) is 4.79 Å². The quantitative estimate of drug-likeness (QED) is 0.490. The molecule has 0 atom stereocenters. The van der Waals surface area contributed by atoms with Crippen molar-refractivity contribution in [2.75, 3.05) is 0 Å². The Kier molecular flexibility index (Phi) is 2.03. The van der Waals surface area contributed by atoms with Crippen LogP contribution in [0.3, 0.4) is 0 Å². The van der Waals surface area contributed by atoms with Crippen LogP contribution in [-0.2, 0) is 0 Å². The summed E-state index contributed by atoms with van der Waals surface area (Å²) in [6.45, 7) is 0. The summed E-state index contributed by atoms with van der Waals surface area (Å²) in [4.78, 5) is 14.3. The summed E-state index contributed by atoms with van der Waals surface area (Å²) in [5, 5.41) is 0. The first-order valence-electron chi connectivity index (χ1n) is 2.11. The normalized spacial score (nSPS) is 9.44. The number of carbonyl (C=O) groups is 1. The zero-order valence-electron chi connectivity index (χ0n) is 4.30. The Labute approximate surface area is 65.8 Å². The fourth-order valence-electron chi connectivity index (χ4n) is 0.400. The topological polar surface area (TPSA) is 30.0 Å². The van der Waals surface area contributed by atoms with Gasteiger partial charge in [0.15, 0.2) is 10.2 Å². The number of nitrogens with zero attached hydrogens (tertiary/aromatic N) is 1. The van der Waals surface area contributed by atoms with Gasteiger partial charge in [-0.3, -0.25) is 4.79 Å². The zero-order valence-corrected chi connectivity index (χ0v) is 6.70. The van der Waals surface area contributed by atoms with E-state index in [2.05, 4.69) is 20.9 Å². The van der Waals surface area contributed by atoms with Crippen LogP contribution in [0.1, 0.15) is 9.67 Å². The van der Waals surface area contributed by atoms with Crippen LogP contribution in [0.5, 0.6) is 0 Å². The highest BCUT2D eigenvalue weighted by atomic mass is 79.9. The number of aldehydes is 1. The second-order valence-electron chi connectivity index (χ2n) is 1.33. The smallest absolute Gasteiger partial charge is 0.161 e. The van der Waals surface area contributed by atoms with Gasteiger partial charge in [-0.05, 0) is 15.9 Å². The molecule has 2 nitrogen and oxygen atoms in total. The number of aromatic nitrogens is 1.